The first kappa shape index (κ1) is 7.06. The number of aliphatic hydroxyl groups excluding tert-OH is 2. The van der Waals surface area contributed by atoms with Gasteiger partial charge in [-0.3, -0.25) is 0 Å². The second-order valence-electron chi connectivity index (χ2n) is 2.20. The van der Waals surface area contributed by atoms with Gasteiger partial charge in [-0.05, 0) is 6.42 Å². The van der Waals surface area contributed by atoms with Crippen LogP contribution in [-0.4, -0.2) is 42.9 Å². The summed E-state index contributed by atoms with van der Waals surface area (Å²) >= 11 is 0. The van der Waals surface area contributed by atoms with Crippen molar-refractivity contribution in [1.82, 2.24) is 0 Å². The molecule has 0 spiro atoms. The van der Waals surface area contributed by atoms with E-state index in [1.165, 1.54) is 0 Å². The van der Waals surface area contributed by atoms with E-state index in [1.54, 1.807) is 0 Å². The maximum absolute atomic E-state index is 8.99. The largest absolute Gasteiger partial charge is 0.394 e. The molecule has 1 saturated heterocycles. The number of hydrogen-bond donors (Lipinski definition) is 2. The van der Waals surface area contributed by atoms with E-state index in [-0.39, 0.29) is 6.61 Å². The number of ether oxygens (including phenoxy) is 1. The van der Waals surface area contributed by atoms with Gasteiger partial charge in [-0.1, -0.05) is 0 Å². The zero-order chi connectivity index (χ0) is 6.85. The van der Waals surface area contributed by atoms with Crippen LogP contribution in [0.4, 0.5) is 0 Å². The SMILES string of the molecule is [B][C@@H]1C[C@H](O)[C@H](CO)O1. The molecule has 0 aliphatic carbocycles. The van der Waals surface area contributed by atoms with Gasteiger partial charge in [-0.2, -0.15) is 0 Å². The fraction of sp³-hybridized carbons (Fsp3) is 1.00. The van der Waals surface area contributed by atoms with Crippen LogP contribution in [0.1, 0.15) is 6.42 Å². The highest BCUT2D eigenvalue weighted by Gasteiger charge is 2.29. The Kier molecular flexibility index (Phi) is 2.11. The molecule has 0 bridgehead atoms. The number of hydrogen-bond acceptors (Lipinski definition) is 3. The first-order valence-electron chi connectivity index (χ1n) is 2.94. The summed E-state index contributed by atoms with van der Waals surface area (Å²) in [5.74, 6) is 0. The molecule has 0 saturated carbocycles. The monoisotopic (exact) mass is 128 g/mol. The second kappa shape index (κ2) is 2.69. The summed E-state index contributed by atoms with van der Waals surface area (Å²) in [6, 6.07) is -0.405. The Balaban J connectivity index is 2.38. The first-order chi connectivity index (χ1) is 4.24. The maximum atomic E-state index is 8.99. The van der Waals surface area contributed by atoms with Gasteiger partial charge in [0.15, 0.2) is 0 Å². The van der Waals surface area contributed by atoms with Gasteiger partial charge in [-0.25, -0.2) is 0 Å². The summed E-state index contributed by atoms with van der Waals surface area (Å²) in [6.07, 6.45) is -0.643. The minimum atomic E-state index is -0.593. The van der Waals surface area contributed by atoms with E-state index in [1.807, 2.05) is 0 Å². The Morgan fingerprint density at radius 1 is 1.67 bits per heavy atom. The van der Waals surface area contributed by atoms with E-state index in [2.05, 4.69) is 0 Å². The van der Waals surface area contributed by atoms with Crippen molar-refractivity contribution >= 4 is 7.85 Å². The highest BCUT2D eigenvalue weighted by atomic mass is 16.5. The molecule has 3 atom stereocenters. The summed E-state index contributed by atoms with van der Waals surface area (Å²) in [5, 5.41) is 17.5. The summed E-state index contributed by atoms with van der Waals surface area (Å²) in [6.45, 7) is -0.158. The topological polar surface area (TPSA) is 49.7 Å². The Hall–Kier alpha value is -0.0551. The van der Waals surface area contributed by atoms with Crippen LogP contribution in [0.5, 0.6) is 0 Å². The molecule has 2 radical (unpaired) electrons. The Labute approximate surface area is 55.0 Å². The van der Waals surface area contributed by atoms with Gasteiger partial charge in [0.1, 0.15) is 14.0 Å². The van der Waals surface area contributed by atoms with Crippen molar-refractivity contribution in [3.63, 3.8) is 0 Å². The van der Waals surface area contributed by atoms with Gasteiger partial charge >= 0.3 is 0 Å². The van der Waals surface area contributed by atoms with Crippen molar-refractivity contribution in [2.24, 2.45) is 0 Å². The minimum Gasteiger partial charge on any atom is -0.394 e. The highest BCUT2D eigenvalue weighted by Crippen LogP contribution is 2.17. The summed E-state index contributed by atoms with van der Waals surface area (Å²) in [5.41, 5.74) is 0. The van der Waals surface area contributed by atoms with E-state index < -0.39 is 18.2 Å². The van der Waals surface area contributed by atoms with Crippen LogP contribution < -0.4 is 0 Å². The normalized spacial score (nSPS) is 43.6. The lowest BCUT2D eigenvalue weighted by atomic mass is 9.96. The van der Waals surface area contributed by atoms with Gasteiger partial charge in [0.25, 0.3) is 0 Å². The van der Waals surface area contributed by atoms with E-state index in [0.717, 1.165) is 0 Å². The molecule has 1 rings (SSSR count). The zero-order valence-corrected chi connectivity index (χ0v) is 5.03. The van der Waals surface area contributed by atoms with Crippen LogP contribution in [0.15, 0.2) is 0 Å². The summed E-state index contributed by atoms with van der Waals surface area (Å²) < 4.78 is 4.90. The first-order valence-corrected chi connectivity index (χ1v) is 2.94. The van der Waals surface area contributed by atoms with Crippen molar-refractivity contribution in [3.8, 4) is 0 Å². The van der Waals surface area contributed by atoms with Gasteiger partial charge in [0.05, 0.1) is 12.7 Å². The van der Waals surface area contributed by atoms with Crippen molar-refractivity contribution < 1.29 is 14.9 Å². The van der Waals surface area contributed by atoms with Crippen molar-refractivity contribution in [3.05, 3.63) is 0 Å². The average Bonchev–Trinajstić information content (AvgIpc) is 2.10. The molecule has 0 aromatic carbocycles. The fourth-order valence-electron chi connectivity index (χ4n) is 0.925. The molecule has 1 heterocycles. The zero-order valence-electron chi connectivity index (χ0n) is 5.03. The lowest BCUT2D eigenvalue weighted by Gasteiger charge is -2.09. The predicted octanol–water partition coefficient (Wildman–Crippen LogP) is -1.38. The second-order valence-corrected chi connectivity index (χ2v) is 2.20. The molecule has 9 heavy (non-hydrogen) atoms. The third-order valence-electron chi connectivity index (χ3n) is 1.43. The third-order valence-corrected chi connectivity index (χ3v) is 1.43. The van der Waals surface area contributed by atoms with Crippen molar-refractivity contribution in [1.29, 1.82) is 0 Å². The molecule has 3 nitrogen and oxygen atoms in total. The number of aliphatic hydroxyl groups is 2. The smallest absolute Gasteiger partial charge is 0.109 e. The van der Waals surface area contributed by atoms with E-state index in [0.29, 0.717) is 6.42 Å². The Morgan fingerprint density at radius 3 is 2.56 bits per heavy atom. The van der Waals surface area contributed by atoms with Crippen LogP contribution in [0.25, 0.3) is 0 Å². The van der Waals surface area contributed by atoms with Gasteiger partial charge in [-0.15, -0.1) is 0 Å². The van der Waals surface area contributed by atoms with Crippen molar-refractivity contribution in [2.75, 3.05) is 6.61 Å². The molecule has 1 fully saturated rings. The molecule has 0 amide bonds. The predicted molar refractivity (Wildman–Crippen MR) is 32.1 cm³/mol. The van der Waals surface area contributed by atoms with Crippen LogP contribution >= 0.6 is 0 Å². The summed E-state index contributed by atoms with van der Waals surface area (Å²) in [4.78, 5) is 0. The maximum Gasteiger partial charge on any atom is 0.109 e. The lowest BCUT2D eigenvalue weighted by Crippen LogP contribution is -2.24. The van der Waals surface area contributed by atoms with Crippen LogP contribution in [0.3, 0.4) is 0 Å². The van der Waals surface area contributed by atoms with E-state index >= 15 is 0 Å². The molecule has 50 valence electrons. The molecule has 0 aromatic heterocycles. The molecule has 4 heteroatoms. The van der Waals surface area contributed by atoms with E-state index in [9.17, 15) is 0 Å². The van der Waals surface area contributed by atoms with Gasteiger partial charge < -0.3 is 14.9 Å². The van der Waals surface area contributed by atoms with E-state index in [4.69, 9.17) is 22.8 Å². The van der Waals surface area contributed by atoms with Gasteiger partial charge in [0.2, 0.25) is 0 Å². The molecular formula is C5H9BO3. The molecular weight excluding hydrogens is 119 g/mol. The van der Waals surface area contributed by atoms with Crippen molar-refractivity contribution in [2.45, 2.75) is 24.6 Å². The van der Waals surface area contributed by atoms with Crippen LogP contribution in [0.2, 0.25) is 0 Å². The minimum absolute atomic E-state index is 0.158. The quantitative estimate of drug-likeness (QED) is 0.428. The summed E-state index contributed by atoms with van der Waals surface area (Å²) in [7, 11) is 5.30. The molecule has 0 unspecified atom stereocenters. The molecule has 0 aromatic rings. The van der Waals surface area contributed by atoms with Gasteiger partial charge in [0, 0.05) is 6.00 Å². The van der Waals surface area contributed by atoms with Crippen LogP contribution in [0, 0.1) is 0 Å². The molecule has 1 aliphatic heterocycles. The lowest BCUT2D eigenvalue weighted by molar-refractivity contribution is -0.00408. The highest BCUT2D eigenvalue weighted by molar-refractivity contribution is 6.11. The molecule has 2 N–H and O–H groups in total. The molecule has 1 aliphatic rings. The van der Waals surface area contributed by atoms with Crippen LogP contribution in [-0.2, 0) is 4.74 Å². The Bertz CT molecular complexity index is 98.2. The number of rotatable bonds is 1. The standard InChI is InChI=1S/C5H9BO3/c6-5-1-3(8)4(2-7)9-5/h3-5,7-8H,1-2H2/t3-,4-,5-/m0/s1. The average molecular weight is 128 g/mol. The Morgan fingerprint density at radius 2 is 2.33 bits per heavy atom. The fourth-order valence-corrected chi connectivity index (χ4v) is 0.925. The third kappa shape index (κ3) is 1.44.